The fraction of sp³-hybridized carbons (Fsp3) is 0.684. The normalized spacial score (nSPS) is 12.5. The predicted octanol–water partition coefficient (Wildman–Crippen LogP) is 4.91. The van der Waals surface area contributed by atoms with Crippen LogP contribution in [-0.4, -0.2) is 13.2 Å². The van der Waals surface area contributed by atoms with Gasteiger partial charge in [0.05, 0.1) is 6.61 Å². The molecule has 1 aromatic rings. The molecule has 1 rings (SSSR count). The minimum atomic E-state index is 0.242. The standard InChI is InChI=1S/C19H33NO/c1-6-19(4,5)16-9-11-17(12-10-16)21-14-8-7-13-18(2,3)15-20/h9-12H,6-8,13-15,20H2,1-5H3. The topological polar surface area (TPSA) is 35.2 Å². The molecular weight excluding hydrogens is 258 g/mol. The van der Waals surface area contributed by atoms with Gasteiger partial charge in [-0.2, -0.15) is 0 Å². The quantitative estimate of drug-likeness (QED) is 0.656. The number of rotatable bonds is 9. The van der Waals surface area contributed by atoms with E-state index in [9.17, 15) is 0 Å². The van der Waals surface area contributed by atoms with Gasteiger partial charge in [-0.25, -0.2) is 0 Å². The molecule has 0 unspecified atom stereocenters. The lowest BCUT2D eigenvalue weighted by Crippen LogP contribution is -2.23. The highest BCUT2D eigenvalue weighted by Gasteiger charge is 2.17. The molecule has 21 heavy (non-hydrogen) atoms. The smallest absolute Gasteiger partial charge is 0.119 e. The van der Waals surface area contributed by atoms with E-state index >= 15 is 0 Å². The zero-order valence-corrected chi connectivity index (χ0v) is 14.5. The van der Waals surface area contributed by atoms with E-state index in [1.54, 1.807) is 0 Å². The van der Waals surface area contributed by atoms with E-state index in [1.165, 1.54) is 12.0 Å². The molecule has 0 saturated heterocycles. The van der Waals surface area contributed by atoms with Crippen LogP contribution in [0, 0.1) is 5.41 Å². The first-order valence-electron chi connectivity index (χ1n) is 8.24. The van der Waals surface area contributed by atoms with Crippen molar-refractivity contribution in [3.8, 4) is 5.75 Å². The number of ether oxygens (including phenoxy) is 1. The van der Waals surface area contributed by atoms with Gasteiger partial charge in [-0.1, -0.05) is 46.8 Å². The highest BCUT2D eigenvalue weighted by atomic mass is 16.5. The van der Waals surface area contributed by atoms with Crippen molar-refractivity contribution in [3.05, 3.63) is 29.8 Å². The van der Waals surface area contributed by atoms with Crippen LogP contribution in [0.3, 0.4) is 0 Å². The summed E-state index contributed by atoms with van der Waals surface area (Å²) in [6.45, 7) is 12.8. The number of unbranched alkanes of at least 4 members (excludes halogenated alkanes) is 1. The summed E-state index contributed by atoms with van der Waals surface area (Å²) in [4.78, 5) is 0. The molecule has 0 aliphatic heterocycles. The summed E-state index contributed by atoms with van der Waals surface area (Å²) < 4.78 is 5.82. The van der Waals surface area contributed by atoms with E-state index < -0.39 is 0 Å². The van der Waals surface area contributed by atoms with Gasteiger partial charge >= 0.3 is 0 Å². The first-order chi connectivity index (χ1) is 9.80. The third-order valence-electron chi connectivity index (χ3n) is 4.59. The lowest BCUT2D eigenvalue weighted by atomic mass is 9.82. The Morgan fingerprint density at radius 2 is 1.62 bits per heavy atom. The minimum absolute atomic E-state index is 0.242. The summed E-state index contributed by atoms with van der Waals surface area (Å²) in [7, 11) is 0. The van der Waals surface area contributed by atoms with Crippen LogP contribution in [0.1, 0.15) is 65.9 Å². The number of benzene rings is 1. The highest BCUT2D eigenvalue weighted by molar-refractivity contribution is 5.31. The lowest BCUT2D eigenvalue weighted by Gasteiger charge is -2.23. The summed E-state index contributed by atoms with van der Waals surface area (Å²) in [6.07, 6.45) is 4.57. The molecular formula is C19H33NO. The maximum absolute atomic E-state index is 5.82. The number of hydrogen-bond acceptors (Lipinski definition) is 2. The fourth-order valence-electron chi connectivity index (χ4n) is 2.20. The predicted molar refractivity (Wildman–Crippen MR) is 91.9 cm³/mol. The zero-order chi connectivity index (χ0) is 15.9. The third-order valence-corrected chi connectivity index (χ3v) is 4.59. The first kappa shape index (κ1) is 18.0. The van der Waals surface area contributed by atoms with Crippen LogP contribution in [-0.2, 0) is 5.41 Å². The van der Waals surface area contributed by atoms with E-state index in [2.05, 4.69) is 58.9 Å². The molecule has 0 bridgehead atoms. The number of hydrogen-bond donors (Lipinski definition) is 1. The van der Waals surface area contributed by atoms with Crippen LogP contribution in [0.25, 0.3) is 0 Å². The second kappa shape index (κ2) is 7.84. The average Bonchev–Trinajstić information content (AvgIpc) is 2.47. The van der Waals surface area contributed by atoms with Gasteiger partial charge < -0.3 is 10.5 Å². The van der Waals surface area contributed by atoms with E-state index in [-0.39, 0.29) is 10.8 Å². The second-order valence-electron chi connectivity index (χ2n) is 7.44. The van der Waals surface area contributed by atoms with Crippen LogP contribution in [0.15, 0.2) is 24.3 Å². The summed E-state index contributed by atoms with van der Waals surface area (Å²) >= 11 is 0. The third kappa shape index (κ3) is 6.09. The molecule has 0 radical (unpaired) electrons. The molecule has 0 fully saturated rings. The van der Waals surface area contributed by atoms with Crippen molar-refractivity contribution < 1.29 is 4.74 Å². The monoisotopic (exact) mass is 291 g/mol. The molecule has 120 valence electrons. The molecule has 2 N–H and O–H groups in total. The van der Waals surface area contributed by atoms with Crippen molar-refractivity contribution in [1.82, 2.24) is 0 Å². The Hall–Kier alpha value is -1.02. The largest absolute Gasteiger partial charge is 0.494 e. The van der Waals surface area contributed by atoms with Gasteiger partial charge in [0.1, 0.15) is 5.75 Å². The van der Waals surface area contributed by atoms with Crippen LogP contribution in [0.4, 0.5) is 0 Å². The molecule has 0 heterocycles. The SMILES string of the molecule is CCC(C)(C)c1ccc(OCCCCC(C)(C)CN)cc1. The molecule has 0 aliphatic rings. The molecule has 0 atom stereocenters. The van der Waals surface area contributed by atoms with Gasteiger partial charge in [0.25, 0.3) is 0 Å². The molecule has 0 aromatic heterocycles. The van der Waals surface area contributed by atoms with Crippen molar-refractivity contribution in [2.75, 3.05) is 13.2 Å². The molecule has 0 saturated carbocycles. The average molecular weight is 291 g/mol. The Bertz CT molecular complexity index is 406. The molecule has 0 aliphatic carbocycles. The maximum atomic E-state index is 5.82. The second-order valence-corrected chi connectivity index (χ2v) is 7.44. The minimum Gasteiger partial charge on any atom is -0.494 e. The van der Waals surface area contributed by atoms with E-state index in [0.29, 0.717) is 0 Å². The summed E-state index contributed by atoms with van der Waals surface area (Å²) in [5, 5.41) is 0. The molecule has 0 amide bonds. The Morgan fingerprint density at radius 1 is 1.00 bits per heavy atom. The Labute approximate surface area is 131 Å². The van der Waals surface area contributed by atoms with Crippen LogP contribution >= 0.6 is 0 Å². The Morgan fingerprint density at radius 3 is 2.14 bits per heavy atom. The van der Waals surface area contributed by atoms with Crippen molar-refractivity contribution in [3.63, 3.8) is 0 Å². The number of nitrogens with two attached hydrogens (primary N) is 1. The first-order valence-corrected chi connectivity index (χ1v) is 8.24. The van der Waals surface area contributed by atoms with Crippen LogP contribution < -0.4 is 10.5 Å². The summed E-state index contributed by atoms with van der Waals surface area (Å²) in [5.74, 6) is 0.976. The van der Waals surface area contributed by atoms with Gasteiger partial charge in [0.15, 0.2) is 0 Å². The van der Waals surface area contributed by atoms with E-state index in [4.69, 9.17) is 10.5 Å². The Balaban J connectivity index is 2.34. The van der Waals surface area contributed by atoms with Crippen molar-refractivity contribution in [2.24, 2.45) is 11.1 Å². The Kier molecular flexibility index (Phi) is 6.73. The fourth-order valence-corrected chi connectivity index (χ4v) is 2.20. The van der Waals surface area contributed by atoms with Gasteiger partial charge in [0, 0.05) is 0 Å². The molecule has 2 nitrogen and oxygen atoms in total. The molecule has 1 aromatic carbocycles. The van der Waals surface area contributed by atoms with Gasteiger partial charge in [0.2, 0.25) is 0 Å². The van der Waals surface area contributed by atoms with Crippen molar-refractivity contribution in [1.29, 1.82) is 0 Å². The van der Waals surface area contributed by atoms with E-state index in [0.717, 1.165) is 38.2 Å². The molecule has 2 heteroatoms. The van der Waals surface area contributed by atoms with Gasteiger partial charge in [-0.15, -0.1) is 0 Å². The van der Waals surface area contributed by atoms with Crippen molar-refractivity contribution in [2.45, 2.75) is 65.7 Å². The highest BCUT2D eigenvalue weighted by Crippen LogP contribution is 2.28. The van der Waals surface area contributed by atoms with Gasteiger partial charge in [-0.3, -0.25) is 0 Å². The summed E-state index contributed by atoms with van der Waals surface area (Å²) in [6, 6.07) is 8.57. The zero-order valence-electron chi connectivity index (χ0n) is 14.5. The summed E-state index contributed by atoms with van der Waals surface area (Å²) in [5.41, 5.74) is 7.62. The van der Waals surface area contributed by atoms with Crippen molar-refractivity contribution >= 4 is 0 Å². The van der Waals surface area contributed by atoms with Crippen LogP contribution in [0.2, 0.25) is 0 Å². The van der Waals surface area contributed by atoms with Crippen LogP contribution in [0.5, 0.6) is 5.75 Å². The molecule has 0 spiro atoms. The van der Waals surface area contributed by atoms with Gasteiger partial charge in [-0.05, 0) is 60.8 Å². The van der Waals surface area contributed by atoms with E-state index in [1.807, 2.05) is 0 Å². The maximum Gasteiger partial charge on any atom is 0.119 e. The lowest BCUT2D eigenvalue weighted by molar-refractivity contribution is 0.278.